The molecule has 0 spiro atoms. The van der Waals surface area contributed by atoms with Crippen LogP contribution in [0.25, 0.3) is 11.4 Å². The molecule has 1 N–H and O–H groups in total. The molecule has 0 radical (unpaired) electrons. The lowest BCUT2D eigenvalue weighted by molar-refractivity contribution is 0.312. The minimum atomic E-state index is 0.285. The molecule has 0 amide bonds. The zero-order valence-electron chi connectivity index (χ0n) is 12.2. The lowest BCUT2D eigenvalue weighted by Gasteiger charge is -2.09. The molecule has 2 aromatic rings. The van der Waals surface area contributed by atoms with Gasteiger partial charge in [0.05, 0.1) is 18.7 Å². The van der Waals surface area contributed by atoms with Crippen molar-refractivity contribution >= 4 is 17.5 Å². The Morgan fingerprint density at radius 3 is 2.67 bits per heavy atom. The van der Waals surface area contributed by atoms with Crippen molar-refractivity contribution in [2.24, 2.45) is 0 Å². The first-order valence-corrected chi connectivity index (χ1v) is 7.02. The molecule has 0 aliphatic carbocycles. The number of rotatable bonds is 6. The molecule has 0 saturated carbocycles. The topological polar surface area (TPSA) is 69.2 Å². The Morgan fingerprint density at radius 1 is 1.19 bits per heavy atom. The van der Waals surface area contributed by atoms with Crippen molar-refractivity contribution in [1.82, 2.24) is 15.0 Å². The molecule has 0 unspecified atom stereocenters. The van der Waals surface area contributed by atoms with Crippen LogP contribution in [0.1, 0.15) is 13.8 Å². The molecule has 1 heterocycles. The summed E-state index contributed by atoms with van der Waals surface area (Å²) in [7, 11) is 1.56. The molecule has 0 saturated heterocycles. The molecule has 21 heavy (non-hydrogen) atoms. The lowest BCUT2D eigenvalue weighted by Crippen LogP contribution is -2.07. The third kappa shape index (κ3) is 3.72. The van der Waals surface area contributed by atoms with Crippen LogP contribution in [0.5, 0.6) is 11.8 Å². The largest absolute Gasteiger partial charge is 0.495 e. The average Bonchev–Trinajstić information content (AvgIpc) is 2.48. The first-order valence-electron chi connectivity index (χ1n) is 6.64. The molecule has 0 fully saturated rings. The minimum Gasteiger partial charge on any atom is -0.495 e. The van der Waals surface area contributed by atoms with Gasteiger partial charge in [0.15, 0.2) is 5.82 Å². The van der Waals surface area contributed by atoms with Gasteiger partial charge in [-0.05, 0) is 32.0 Å². The summed E-state index contributed by atoms with van der Waals surface area (Å²) in [5.74, 6) is 1.54. The summed E-state index contributed by atoms with van der Waals surface area (Å²) in [6.45, 7) is 5.04. The van der Waals surface area contributed by atoms with Crippen molar-refractivity contribution in [3.8, 4) is 23.1 Å². The highest BCUT2D eigenvalue weighted by molar-refractivity contribution is 6.32. The Balaban J connectivity index is 2.46. The summed E-state index contributed by atoms with van der Waals surface area (Å²) >= 11 is 6.03. The van der Waals surface area contributed by atoms with Crippen LogP contribution in [-0.2, 0) is 0 Å². The number of halogens is 1. The summed E-state index contributed by atoms with van der Waals surface area (Å²) in [6, 6.07) is 5.63. The average molecular weight is 309 g/mol. The molecule has 0 bridgehead atoms. The molecule has 112 valence electrons. The number of ether oxygens (including phenoxy) is 2. The maximum atomic E-state index is 6.03. The summed E-state index contributed by atoms with van der Waals surface area (Å²) < 4.78 is 10.6. The van der Waals surface area contributed by atoms with Crippen LogP contribution in [0.3, 0.4) is 0 Å². The zero-order chi connectivity index (χ0) is 15.2. The van der Waals surface area contributed by atoms with Gasteiger partial charge >= 0.3 is 6.01 Å². The van der Waals surface area contributed by atoms with Crippen molar-refractivity contribution in [2.75, 3.05) is 25.6 Å². The van der Waals surface area contributed by atoms with Gasteiger partial charge in [-0.15, -0.1) is 0 Å². The van der Waals surface area contributed by atoms with Gasteiger partial charge in [0.2, 0.25) is 5.95 Å². The van der Waals surface area contributed by atoms with Gasteiger partial charge in [-0.3, -0.25) is 0 Å². The van der Waals surface area contributed by atoms with E-state index in [2.05, 4.69) is 20.3 Å². The molecule has 2 rings (SSSR count). The summed E-state index contributed by atoms with van der Waals surface area (Å²) in [4.78, 5) is 12.9. The van der Waals surface area contributed by atoms with E-state index >= 15 is 0 Å². The van der Waals surface area contributed by atoms with Crippen LogP contribution >= 0.6 is 11.6 Å². The van der Waals surface area contributed by atoms with E-state index in [0.29, 0.717) is 35.7 Å². The van der Waals surface area contributed by atoms with Crippen LogP contribution in [0, 0.1) is 0 Å². The molecule has 1 aromatic heterocycles. The van der Waals surface area contributed by atoms with Crippen molar-refractivity contribution in [3.63, 3.8) is 0 Å². The van der Waals surface area contributed by atoms with E-state index < -0.39 is 0 Å². The molecule has 0 aliphatic rings. The second kappa shape index (κ2) is 7.08. The van der Waals surface area contributed by atoms with E-state index in [1.54, 1.807) is 19.2 Å². The quantitative estimate of drug-likeness (QED) is 0.884. The Labute approximate surface area is 128 Å². The van der Waals surface area contributed by atoms with Gasteiger partial charge in [0, 0.05) is 12.1 Å². The van der Waals surface area contributed by atoms with E-state index in [1.165, 1.54) is 0 Å². The van der Waals surface area contributed by atoms with Crippen molar-refractivity contribution < 1.29 is 9.47 Å². The maximum absolute atomic E-state index is 6.03. The molecule has 0 aliphatic heterocycles. The van der Waals surface area contributed by atoms with Gasteiger partial charge in [0.25, 0.3) is 0 Å². The molecular formula is C14H17ClN4O2. The van der Waals surface area contributed by atoms with Crippen LogP contribution in [0.2, 0.25) is 5.02 Å². The maximum Gasteiger partial charge on any atom is 0.321 e. The number of nitrogens with one attached hydrogen (secondary N) is 1. The predicted molar refractivity (Wildman–Crippen MR) is 82.2 cm³/mol. The fraction of sp³-hybridized carbons (Fsp3) is 0.357. The van der Waals surface area contributed by atoms with Crippen molar-refractivity contribution in [1.29, 1.82) is 0 Å². The van der Waals surface area contributed by atoms with Crippen LogP contribution in [-0.4, -0.2) is 35.2 Å². The van der Waals surface area contributed by atoms with Crippen molar-refractivity contribution in [2.45, 2.75) is 13.8 Å². The third-order valence-corrected chi connectivity index (χ3v) is 2.94. The monoisotopic (exact) mass is 308 g/mol. The van der Waals surface area contributed by atoms with E-state index in [4.69, 9.17) is 21.1 Å². The van der Waals surface area contributed by atoms with Crippen LogP contribution < -0.4 is 14.8 Å². The fourth-order valence-corrected chi connectivity index (χ4v) is 1.91. The molecule has 0 atom stereocenters. The van der Waals surface area contributed by atoms with E-state index in [1.807, 2.05) is 19.9 Å². The molecule has 1 aromatic carbocycles. The third-order valence-electron chi connectivity index (χ3n) is 2.63. The second-order valence-electron chi connectivity index (χ2n) is 4.08. The number of anilines is 1. The second-order valence-corrected chi connectivity index (χ2v) is 4.49. The van der Waals surface area contributed by atoms with Gasteiger partial charge in [-0.1, -0.05) is 11.6 Å². The SMILES string of the molecule is CCNc1nc(OCC)nc(-c2ccc(Cl)c(OC)c2)n1. The standard InChI is InChI=1S/C14H17ClN4O2/c1-4-16-13-17-12(18-14(19-13)21-5-2)9-6-7-10(15)11(8-9)20-3/h6-8H,4-5H2,1-3H3,(H,16,17,18,19). The molecule has 7 heteroatoms. The lowest BCUT2D eigenvalue weighted by atomic mass is 10.2. The molecular weight excluding hydrogens is 292 g/mol. The minimum absolute atomic E-state index is 0.285. The van der Waals surface area contributed by atoms with E-state index in [0.717, 1.165) is 5.56 Å². The first-order chi connectivity index (χ1) is 10.2. The Morgan fingerprint density at radius 2 is 2.00 bits per heavy atom. The first kappa shape index (κ1) is 15.3. The van der Waals surface area contributed by atoms with Gasteiger partial charge < -0.3 is 14.8 Å². The molecule has 6 nitrogen and oxygen atoms in total. The Kier molecular flexibility index (Phi) is 5.16. The Hall–Kier alpha value is -2.08. The highest BCUT2D eigenvalue weighted by atomic mass is 35.5. The predicted octanol–water partition coefficient (Wildman–Crippen LogP) is 3.03. The summed E-state index contributed by atoms with van der Waals surface area (Å²) in [5, 5.41) is 3.59. The van der Waals surface area contributed by atoms with Gasteiger partial charge in [-0.2, -0.15) is 15.0 Å². The van der Waals surface area contributed by atoms with Crippen LogP contribution in [0.4, 0.5) is 5.95 Å². The highest BCUT2D eigenvalue weighted by Gasteiger charge is 2.11. The smallest absolute Gasteiger partial charge is 0.321 e. The van der Waals surface area contributed by atoms with E-state index in [9.17, 15) is 0 Å². The number of methoxy groups -OCH3 is 1. The zero-order valence-corrected chi connectivity index (χ0v) is 12.9. The van der Waals surface area contributed by atoms with Gasteiger partial charge in [0.1, 0.15) is 5.75 Å². The van der Waals surface area contributed by atoms with Crippen molar-refractivity contribution in [3.05, 3.63) is 23.2 Å². The number of aromatic nitrogens is 3. The summed E-state index contributed by atoms with van der Waals surface area (Å²) in [5.41, 5.74) is 0.777. The Bertz CT molecular complexity index is 598. The number of hydrogen-bond donors (Lipinski definition) is 1. The fourth-order valence-electron chi connectivity index (χ4n) is 1.72. The normalized spacial score (nSPS) is 10.3. The number of benzene rings is 1. The van der Waals surface area contributed by atoms with E-state index in [-0.39, 0.29) is 6.01 Å². The number of hydrogen-bond acceptors (Lipinski definition) is 6. The number of nitrogens with zero attached hydrogens (tertiary/aromatic N) is 3. The van der Waals surface area contributed by atoms with Gasteiger partial charge in [-0.25, -0.2) is 0 Å². The van der Waals surface area contributed by atoms with Crippen LogP contribution in [0.15, 0.2) is 18.2 Å². The highest BCUT2D eigenvalue weighted by Crippen LogP contribution is 2.29. The summed E-state index contributed by atoms with van der Waals surface area (Å²) in [6.07, 6.45) is 0.